The van der Waals surface area contributed by atoms with Crippen molar-refractivity contribution in [3.63, 3.8) is 0 Å². The number of hydrogen-bond donors (Lipinski definition) is 3. The van der Waals surface area contributed by atoms with Gasteiger partial charge in [-0.25, -0.2) is 4.39 Å². The maximum absolute atomic E-state index is 13.2. The quantitative estimate of drug-likeness (QED) is 0.275. The summed E-state index contributed by atoms with van der Waals surface area (Å²) in [4.78, 5) is 14.1. The van der Waals surface area contributed by atoms with Gasteiger partial charge in [0.1, 0.15) is 5.82 Å². The molecule has 0 aliphatic rings. The lowest BCUT2D eigenvalue weighted by atomic mass is 10.1. The lowest BCUT2D eigenvalue weighted by molar-refractivity contribution is 0.0808. The third-order valence-corrected chi connectivity index (χ3v) is 4.70. The SMILES string of the molecule is C=C(/C=C\CNF)CN(C)C(=O)c1ccc(CCNCC(O)c2cccc(F)c2)cc1. The number of rotatable bonds is 12. The van der Waals surface area contributed by atoms with Crippen molar-refractivity contribution in [3.05, 3.63) is 95.3 Å². The first-order chi connectivity index (χ1) is 14.9. The number of aliphatic hydroxyl groups excluding tert-OH is 1. The standard InChI is InChI=1S/C24H29F2N3O2/c1-18(5-4-13-28-26)17-29(2)24(31)20-10-8-19(9-11-20)12-14-27-16-23(30)21-6-3-7-22(25)15-21/h3-11,15,23,27-28,30H,1,12-14,16-17H2,2H3/b5-4-. The first-order valence-corrected chi connectivity index (χ1v) is 10.1. The third-order valence-electron chi connectivity index (χ3n) is 4.70. The van der Waals surface area contributed by atoms with Crippen molar-refractivity contribution in [2.24, 2.45) is 0 Å². The van der Waals surface area contributed by atoms with Crippen LogP contribution in [-0.2, 0) is 6.42 Å². The fourth-order valence-electron chi connectivity index (χ4n) is 3.04. The lowest BCUT2D eigenvalue weighted by Crippen LogP contribution is -2.28. The summed E-state index contributed by atoms with van der Waals surface area (Å²) >= 11 is 0. The van der Waals surface area contributed by atoms with Gasteiger partial charge >= 0.3 is 0 Å². The molecule has 1 amide bonds. The van der Waals surface area contributed by atoms with E-state index in [1.165, 1.54) is 17.7 Å². The second kappa shape index (κ2) is 12.7. The van der Waals surface area contributed by atoms with E-state index in [0.717, 1.165) is 12.0 Å². The van der Waals surface area contributed by atoms with Crippen LogP contribution in [0.4, 0.5) is 8.87 Å². The summed E-state index contributed by atoms with van der Waals surface area (Å²) < 4.78 is 25.1. The van der Waals surface area contributed by atoms with Gasteiger partial charge in [0, 0.05) is 32.2 Å². The number of halogens is 2. The van der Waals surface area contributed by atoms with Gasteiger partial charge in [-0.1, -0.05) is 43.0 Å². The second-order valence-corrected chi connectivity index (χ2v) is 7.28. The van der Waals surface area contributed by atoms with Crippen molar-refractivity contribution in [3.8, 4) is 0 Å². The number of benzene rings is 2. The Labute approximate surface area is 182 Å². The van der Waals surface area contributed by atoms with E-state index in [4.69, 9.17) is 0 Å². The van der Waals surface area contributed by atoms with Gasteiger partial charge in [-0.15, -0.1) is 4.48 Å². The van der Waals surface area contributed by atoms with Gasteiger partial charge < -0.3 is 15.3 Å². The van der Waals surface area contributed by atoms with E-state index in [1.54, 1.807) is 48.4 Å². The molecule has 2 aromatic carbocycles. The van der Waals surface area contributed by atoms with Crippen LogP contribution >= 0.6 is 0 Å². The van der Waals surface area contributed by atoms with Gasteiger partial charge in [0.05, 0.1) is 6.10 Å². The van der Waals surface area contributed by atoms with Gasteiger partial charge in [-0.3, -0.25) is 4.79 Å². The summed E-state index contributed by atoms with van der Waals surface area (Å²) in [5.74, 6) is -0.493. The molecule has 0 spiro atoms. The number of amides is 1. The summed E-state index contributed by atoms with van der Waals surface area (Å²) in [6.45, 7) is 5.26. The molecule has 0 radical (unpaired) electrons. The maximum Gasteiger partial charge on any atom is 0.253 e. The molecule has 0 heterocycles. The van der Waals surface area contributed by atoms with Gasteiger partial charge in [-0.2, -0.15) is 5.54 Å². The van der Waals surface area contributed by atoms with E-state index in [9.17, 15) is 18.8 Å². The Morgan fingerprint density at radius 1 is 1.26 bits per heavy atom. The van der Waals surface area contributed by atoms with Crippen LogP contribution in [0.5, 0.6) is 0 Å². The smallest absolute Gasteiger partial charge is 0.253 e. The Kier molecular flexibility index (Phi) is 10.0. The lowest BCUT2D eigenvalue weighted by Gasteiger charge is -2.17. The van der Waals surface area contributed by atoms with Crippen LogP contribution < -0.4 is 10.9 Å². The number of likely N-dealkylation sites (N-methyl/N-ethyl adjacent to an activating group) is 1. The number of carbonyl (C=O) groups excluding carboxylic acids is 1. The van der Waals surface area contributed by atoms with Crippen molar-refractivity contribution in [1.29, 1.82) is 0 Å². The van der Waals surface area contributed by atoms with Gasteiger partial charge in [0.2, 0.25) is 0 Å². The summed E-state index contributed by atoms with van der Waals surface area (Å²) in [7, 11) is 1.69. The number of carbonyl (C=O) groups is 1. The van der Waals surface area contributed by atoms with E-state index in [2.05, 4.69) is 11.9 Å². The number of nitrogens with zero attached hydrogens (tertiary/aromatic N) is 1. The summed E-state index contributed by atoms with van der Waals surface area (Å²) in [5.41, 5.74) is 4.39. The van der Waals surface area contributed by atoms with Crippen molar-refractivity contribution in [2.45, 2.75) is 12.5 Å². The van der Waals surface area contributed by atoms with E-state index in [-0.39, 0.29) is 18.3 Å². The van der Waals surface area contributed by atoms with E-state index in [0.29, 0.717) is 36.3 Å². The summed E-state index contributed by atoms with van der Waals surface area (Å²) in [6.07, 6.45) is 3.23. The number of nitrogens with one attached hydrogen (secondary N) is 2. The molecule has 7 heteroatoms. The minimum Gasteiger partial charge on any atom is -0.387 e. The fourth-order valence-corrected chi connectivity index (χ4v) is 3.04. The molecule has 0 aliphatic carbocycles. The average molecular weight is 430 g/mol. The molecule has 2 aromatic rings. The average Bonchev–Trinajstić information content (AvgIpc) is 2.76. The Morgan fingerprint density at radius 3 is 2.68 bits per heavy atom. The van der Waals surface area contributed by atoms with Crippen molar-refractivity contribution >= 4 is 5.91 Å². The summed E-state index contributed by atoms with van der Waals surface area (Å²) in [5, 5.41) is 13.3. The Morgan fingerprint density at radius 2 is 2.00 bits per heavy atom. The van der Waals surface area contributed by atoms with Crippen LogP contribution in [0.3, 0.4) is 0 Å². The number of aliphatic hydroxyl groups is 1. The predicted molar refractivity (Wildman–Crippen MR) is 119 cm³/mol. The topological polar surface area (TPSA) is 64.6 Å². The van der Waals surface area contributed by atoms with Crippen LogP contribution in [0, 0.1) is 5.82 Å². The normalized spacial score (nSPS) is 12.1. The minimum atomic E-state index is -0.774. The monoisotopic (exact) mass is 429 g/mol. The van der Waals surface area contributed by atoms with Gasteiger partial charge in [-0.05, 0) is 53.9 Å². The van der Waals surface area contributed by atoms with E-state index < -0.39 is 6.10 Å². The largest absolute Gasteiger partial charge is 0.387 e. The highest BCUT2D eigenvalue weighted by Gasteiger charge is 2.12. The highest BCUT2D eigenvalue weighted by molar-refractivity contribution is 5.94. The molecule has 2 rings (SSSR count). The molecule has 0 aromatic heterocycles. The fraction of sp³-hybridized carbons (Fsp3) is 0.292. The molecule has 3 N–H and O–H groups in total. The molecule has 166 valence electrons. The molecule has 0 saturated carbocycles. The first kappa shape index (κ1) is 24.4. The van der Waals surface area contributed by atoms with E-state index >= 15 is 0 Å². The number of hydrogen-bond acceptors (Lipinski definition) is 4. The highest BCUT2D eigenvalue weighted by atomic mass is 19.2. The van der Waals surface area contributed by atoms with Crippen molar-refractivity contribution in [1.82, 2.24) is 15.8 Å². The van der Waals surface area contributed by atoms with Gasteiger partial charge in [0.25, 0.3) is 5.91 Å². The minimum absolute atomic E-state index is 0.0940. The van der Waals surface area contributed by atoms with Crippen LogP contribution in [0.25, 0.3) is 0 Å². The molecule has 0 fully saturated rings. The van der Waals surface area contributed by atoms with Crippen molar-refractivity contribution in [2.75, 3.05) is 33.2 Å². The highest BCUT2D eigenvalue weighted by Crippen LogP contribution is 2.13. The zero-order valence-corrected chi connectivity index (χ0v) is 17.7. The molecule has 0 aliphatic heterocycles. The van der Waals surface area contributed by atoms with Crippen LogP contribution in [0.2, 0.25) is 0 Å². The maximum atomic E-state index is 13.2. The molecular weight excluding hydrogens is 400 g/mol. The molecule has 0 bridgehead atoms. The Balaban J connectivity index is 1.76. The van der Waals surface area contributed by atoms with Crippen LogP contribution in [-0.4, -0.2) is 49.1 Å². The molecular formula is C24H29F2N3O2. The predicted octanol–water partition coefficient (Wildman–Crippen LogP) is 3.35. The van der Waals surface area contributed by atoms with Crippen molar-refractivity contribution < 1.29 is 18.8 Å². The van der Waals surface area contributed by atoms with E-state index in [1.807, 2.05) is 12.1 Å². The van der Waals surface area contributed by atoms with Crippen LogP contribution in [0.1, 0.15) is 27.6 Å². The second-order valence-electron chi connectivity index (χ2n) is 7.28. The van der Waals surface area contributed by atoms with Crippen LogP contribution in [0.15, 0.2) is 72.8 Å². The molecule has 5 nitrogen and oxygen atoms in total. The summed E-state index contributed by atoms with van der Waals surface area (Å²) in [6, 6.07) is 13.3. The Bertz CT molecular complexity index is 885. The zero-order valence-electron chi connectivity index (χ0n) is 17.7. The Hall–Kier alpha value is -2.87. The molecule has 31 heavy (non-hydrogen) atoms. The van der Waals surface area contributed by atoms with Gasteiger partial charge in [0.15, 0.2) is 0 Å². The zero-order chi connectivity index (χ0) is 22.6. The molecule has 1 unspecified atom stereocenters. The molecule has 1 atom stereocenters. The molecule has 0 saturated heterocycles. The third kappa shape index (κ3) is 8.41. The first-order valence-electron chi connectivity index (χ1n) is 10.1.